The van der Waals surface area contributed by atoms with Crippen LogP contribution < -0.4 is 4.72 Å². The van der Waals surface area contributed by atoms with Crippen molar-refractivity contribution in [3.63, 3.8) is 0 Å². The maximum absolute atomic E-state index is 12.6. The fourth-order valence-corrected chi connectivity index (χ4v) is 3.05. The molecule has 9 heteroatoms. The highest BCUT2D eigenvalue weighted by Crippen LogP contribution is 2.24. The molecule has 0 aromatic heterocycles. The van der Waals surface area contributed by atoms with E-state index in [1.807, 2.05) is 0 Å². The molecule has 0 saturated heterocycles. The Hall–Kier alpha value is -0.670. The lowest BCUT2D eigenvalue weighted by Gasteiger charge is -2.16. The predicted molar refractivity (Wildman–Crippen MR) is 60.3 cm³/mol. The molecule has 0 aliphatic heterocycles. The predicted octanol–water partition coefficient (Wildman–Crippen LogP) is 2.63. The monoisotopic (exact) mass is 349 g/mol. The molecule has 102 valence electrons. The number of sulfonamides is 1. The molecule has 0 aliphatic rings. The standard InChI is InChI=1S/C9H8BrF4NO2S/c10-6-3-1-2-4-7(6)18(16,17)15-5-9(13,14)8(11)12/h1-4,8,15H,5H2. The topological polar surface area (TPSA) is 46.2 Å². The summed E-state index contributed by atoms with van der Waals surface area (Å²) < 4.78 is 73.8. The average molecular weight is 350 g/mol. The highest BCUT2D eigenvalue weighted by Gasteiger charge is 2.41. The van der Waals surface area contributed by atoms with E-state index in [1.165, 1.54) is 22.9 Å². The van der Waals surface area contributed by atoms with Crippen molar-refractivity contribution in [2.45, 2.75) is 17.2 Å². The maximum Gasteiger partial charge on any atom is 0.320 e. The Kier molecular flexibility index (Phi) is 4.73. The van der Waals surface area contributed by atoms with Gasteiger partial charge in [0.05, 0.1) is 11.4 Å². The number of rotatable bonds is 5. The first-order valence-electron chi connectivity index (χ1n) is 4.57. The zero-order valence-electron chi connectivity index (χ0n) is 8.71. The average Bonchev–Trinajstić information content (AvgIpc) is 2.27. The van der Waals surface area contributed by atoms with Crippen LogP contribution in [0, 0.1) is 0 Å². The molecule has 0 bridgehead atoms. The van der Waals surface area contributed by atoms with E-state index in [1.54, 1.807) is 0 Å². The normalized spacial score (nSPS) is 13.0. The van der Waals surface area contributed by atoms with Crippen molar-refractivity contribution in [3.8, 4) is 0 Å². The summed E-state index contributed by atoms with van der Waals surface area (Å²) in [5.41, 5.74) is 0. The van der Waals surface area contributed by atoms with Crippen LogP contribution >= 0.6 is 15.9 Å². The van der Waals surface area contributed by atoms with Gasteiger partial charge in [-0.25, -0.2) is 21.9 Å². The SMILES string of the molecule is O=S(=O)(NCC(F)(F)C(F)F)c1ccccc1Br. The zero-order valence-corrected chi connectivity index (χ0v) is 11.1. The van der Waals surface area contributed by atoms with Gasteiger partial charge in [0.15, 0.2) is 0 Å². The Morgan fingerprint density at radius 3 is 2.33 bits per heavy atom. The zero-order chi connectivity index (χ0) is 14.0. The molecular weight excluding hydrogens is 342 g/mol. The van der Waals surface area contributed by atoms with Gasteiger partial charge in [-0.2, -0.15) is 8.78 Å². The van der Waals surface area contributed by atoms with E-state index in [9.17, 15) is 26.0 Å². The minimum Gasteiger partial charge on any atom is -0.207 e. The van der Waals surface area contributed by atoms with Crippen molar-refractivity contribution in [3.05, 3.63) is 28.7 Å². The second-order valence-corrected chi connectivity index (χ2v) is 5.91. The van der Waals surface area contributed by atoms with Crippen molar-refractivity contribution >= 4 is 26.0 Å². The molecule has 0 saturated carbocycles. The van der Waals surface area contributed by atoms with E-state index in [-0.39, 0.29) is 9.37 Å². The summed E-state index contributed by atoms with van der Waals surface area (Å²) in [6, 6.07) is 5.45. The summed E-state index contributed by atoms with van der Waals surface area (Å²) in [7, 11) is -4.27. The number of nitrogens with one attached hydrogen (secondary N) is 1. The molecule has 1 aromatic carbocycles. The van der Waals surface area contributed by atoms with Crippen molar-refractivity contribution < 1.29 is 26.0 Å². The first kappa shape index (κ1) is 15.4. The Bertz CT molecular complexity index is 521. The van der Waals surface area contributed by atoms with Gasteiger partial charge in [-0.1, -0.05) is 12.1 Å². The van der Waals surface area contributed by atoms with Gasteiger partial charge >= 0.3 is 12.3 Å². The van der Waals surface area contributed by atoms with Gasteiger partial charge < -0.3 is 0 Å². The Morgan fingerprint density at radius 2 is 1.83 bits per heavy atom. The van der Waals surface area contributed by atoms with Crippen molar-refractivity contribution in [2.24, 2.45) is 0 Å². The quantitative estimate of drug-likeness (QED) is 0.830. The lowest BCUT2D eigenvalue weighted by atomic mass is 10.4. The van der Waals surface area contributed by atoms with Gasteiger partial charge in [-0.3, -0.25) is 0 Å². The van der Waals surface area contributed by atoms with Crippen molar-refractivity contribution in [1.82, 2.24) is 4.72 Å². The molecule has 0 fully saturated rings. The largest absolute Gasteiger partial charge is 0.320 e. The van der Waals surface area contributed by atoms with Gasteiger partial charge in [0.2, 0.25) is 10.0 Å². The summed E-state index contributed by atoms with van der Waals surface area (Å²) in [6.07, 6.45) is -3.93. The first-order chi connectivity index (χ1) is 8.17. The van der Waals surface area contributed by atoms with Crippen molar-refractivity contribution in [1.29, 1.82) is 0 Å². The second kappa shape index (κ2) is 5.54. The van der Waals surface area contributed by atoms with Gasteiger partial charge in [-0.15, -0.1) is 0 Å². The lowest BCUT2D eigenvalue weighted by Crippen LogP contribution is -2.41. The molecule has 0 heterocycles. The summed E-state index contributed by atoms with van der Waals surface area (Å²) in [5, 5.41) is 0. The van der Waals surface area contributed by atoms with E-state index in [0.717, 1.165) is 6.07 Å². The number of halogens is 5. The molecule has 1 rings (SSSR count). The highest BCUT2D eigenvalue weighted by molar-refractivity contribution is 9.10. The first-order valence-corrected chi connectivity index (χ1v) is 6.84. The molecule has 0 aliphatic carbocycles. The summed E-state index contributed by atoms with van der Waals surface area (Å²) >= 11 is 2.93. The fraction of sp³-hybridized carbons (Fsp3) is 0.333. The molecule has 0 amide bonds. The molecule has 0 radical (unpaired) electrons. The van der Waals surface area contributed by atoms with Crippen LogP contribution in [0.5, 0.6) is 0 Å². The van der Waals surface area contributed by atoms with Crippen LogP contribution in [-0.4, -0.2) is 27.3 Å². The Morgan fingerprint density at radius 1 is 1.28 bits per heavy atom. The number of hydrogen-bond acceptors (Lipinski definition) is 2. The lowest BCUT2D eigenvalue weighted by molar-refractivity contribution is -0.122. The van der Waals surface area contributed by atoms with E-state index in [2.05, 4.69) is 15.9 Å². The van der Waals surface area contributed by atoms with Crippen LogP contribution in [0.1, 0.15) is 0 Å². The molecule has 0 unspecified atom stereocenters. The van der Waals surface area contributed by atoms with E-state index in [4.69, 9.17) is 0 Å². The van der Waals surface area contributed by atoms with Gasteiger partial charge in [0.1, 0.15) is 0 Å². The van der Waals surface area contributed by atoms with E-state index < -0.39 is 28.9 Å². The van der Waals surface area contributed by atoms with Crippen LogP contribution in [0.2, 0.25) is 0 Å². The molecule has 3 nitrogen and oxygen atoms in total. The smallest absolute Gasteiger partial charge is 0.207 e. The number of benzene rings is 1. The molecule has 1 N–H and O–H groups in total. The summed E-state index contributed by atoms with van der Waals surface area (Å²) in [4.78, 5) is -0.296. The van der Waals surface area contributed by atoms with Gasteiger partial charge in [0, 0.05) is 4.47 Å². The van der Waals surface area contributed by atoms with Crippen molar-refractivity contribution in [2.75, 3.05) is 6.54 Å². The highest BCUT2D eigenvalue weighted by atomic mass is 79.9. The number of hydrogen-bond donors (Lipinski definition) is 1. The second-order valence-electron chi connectivity index (χ2n) is 3.32. The van der Waals surface area contributed by atoms with Gasteiger partial charge in [-0.05, 0) is 28.1 Å². The Labute approximate surface area is 109 Å². The summed E-state index contributed by atoms with van der Waals surface area (Å²) in [5.74, 6) is -4.41. The minimum absolute atomic E-state index is 0.151. The van der Waals surface area contributed by atoms with Crippen LogP contribution in [0.15, 0.2) is 33.6 Å². The third-order valence-electron chi connectivity index (χ3n) is 1.94. The van der Waals surface area contributed by atoms with E-state index in [0.29, 0.717) is 0 Å². The van der Waals surface area contributed by atoms with Gasteiger partial charge in [0.25, 0.3) is 0 Å². The fourth-order valence-electron chi connectivity index (χ4n) is 1.01. The molecule has 18 heavy (non-hydrogen) atoms. The maximum atomic E-state index is 12.6. The number of alkyl halides is 4. The third kappa shape index (κ3) is 3.66. The molecular formula is C9H8BrF4NO2S. The Balaban J connectivity index is 2.88. The van der Waals surface area contributed by atoms with Crippen LogP contribution in [0.4, 0.5) is 17.6 Å². The third-order valence-corrected chi connectivity index (χ3v) is 4.36. The van der Waals surface area contributed by atoms with E-state index >= 15 is 0 Å². The molecule has 1 aromatic rings. The summed E-state index contributed by atoms with van der Waals surface area (Å²) in [6.45, 7) is -1.66. The van der Waals surface area contributed by atoms with Crippen LogP contribution in [-0.2, 0) is 10.0 Å². The van der Waals surface area contributed by atoms with Crippen LogP contribution in [0.25, 0.3) is 0 Å². The van der Waals surface area contributed by atoms with Crippen LogP contribution in [0.3, 0.4) is 0 Å². The minimum atomic E-state index is -4.41. The molecule has 0 atom stereocenters. The molecule has 0 spiro atoms.